The second-order valence-corrected chi connectivity index (χ2v) is 3.93. The van der Waals surface area contributed by atoms with Gasteiger partial charge in [0.1, 0.15) is 0 Å². The van der Waals surface area contributed by atoms with E-state index in [0.717, 1.165) is 11.6 Å². The molecule has 0 saturated carbocycles. The summed E-state index contributed by atoms with van der Waals surface area (Å²) in [6.45, 7) is 2.87. The van der Waals surface area contributed by atoms with Crippen molar-refractivity contribution in [3.05, 3.63) is 58.9 Å². The van der Waals surface area contributed by atoms with Crippen LogP contribution in [-0.4, -0.2) is 4.68 Å². The number of halogens is 1. The second-order valence-electron chi connectivity index (χ2n) is 3.50. The van der Waals surface area contributed by atoms with Crippen LogP contribution in [0.1, 0.15) is 11.1 Å². The largest absolute Gasteiger partial charge is 0.322 e. The Bertz CT molecular complexity index is 435. The van der Waals surface area contributed by atoms with Crippen molar-refractivity contribution in [2.24, 2.45) is 0 Å². The van der Waals surface area contributed by atoms with E-state index in [-0.39, 0.29) is 0 Å². The van der Waals surface area contributed by atoms with E-state index in [4.69, 9.17) is 11.6 Å². The monoisotopic (exact) mass is 220 g/mol. The first-order valence-electron chi connectivity index (χ1n) is 4.87. The Labute approximate surface area is 94.5 Å². The molecule has 1 aromatic heterocycles. The van der Waals surface area contributed by atoms with Gasteiger partial charge in [-0.15, -0.1) is 0 Å². The van der Waals surface area contributed by atoms with Crippen molar-refractivity contribution >= 4 is 11.6 Å². The Kier molecular flexibility index (Phi) is 2.97. The molecule has 2 rings (SSSR count). The Balaban J connectivity index is 2.05. The molecule has 2 nitrogen and oxygen atoms in total. The van der Waals surface area contributed by atoms with Crippen LogP contribution < -0.4 is 5.43 Å². The molecule has 0 radical (unpaired) electrons. The van der Waals surface area contributed by atoms with Gasteiger partial charge in [0.2, 0.25) is 0 Å². The average molecular weight is 221 g/mol. The number of aryl methyl sites for hydroxylation is 1. The maximum absolute atomic E-state index is 5.89. The van der Waals surface area contributed by atoms with Gasteiger partial charge in [0.05, 0.1) is 6.54 Å². The lowest BCUT2D eigenvalue weighted by Crippen LogP contribution is -2.12. The number of benzene rings is 1. The standard InChI is InChI=1S/C12H13ClN2/c1-10-8-12(13)5-4-11(10)9-14-15-6-2-3-7-15/h2-8,14H,9H2,1H3. The van der Waals surface area contributed by atoms with E-state index in [1.807, 2.05) is 47.4 Å². The molecule has 3 heteroatoms. The minimum absolute atomic E-state index is 0.789. The zero-order chi connectivity index (χ0) is 10.7. The summed E-state index contributed by atoms with van der Waals surface area (Å²) < 4.78 is 1.94. The summed E-state index contributed by atoms with van der Waals surface area (Å²) in [5.41, 5.74) is 5.74. The third-order valence-corrected chi connectivity index (χ3v) is 2.60. The van der Waals surface area contributed by atoms with Gasteiger partial charge in [0, 0.05) is 17.4 Å². The summed E-state index contributed by atoms with van der Waals surface area (Å²) >= 11 is 5.89. The smallest absolute Gasteiger partial charge is 0.0566 e. The molecule has 2 aromatic rings. The molecule has 0 fully saturated rings. The van der Waals surface area contributed by atoms with E-state index < -0.39 is 0 Å². The predicted octanol–water partition coefficient (Wildman–Crippen LogP) is 3.19. The fourth-order valence-electron chi connectivity index (χ4n) is 1.47. The van der Waals surface area contributed by atoms with Crippen LogP contribution in [0.25, 0.3) is 0 Å². The van der Waals surface area contributed by atoms with Crippen LogP contribution in [0.5, 0.6) is 0 Å². The zero-order valence-electron chi connectivity index (χ0n) is 8.57. The number of rotatable bonds is 3. The van der Waals surface area contributed by atoms with E-state index >= 15 is 0 Å². The van der Waals surface area contributed by atoms with Crippen LogP contribution in [-0.2, 0) is 6.54 Å². The zero-order valence-corrected chi connectivity index (χ0v) is 9.33. The maximum Gasteiger partial charge on any atom is 0.0566 e. The lowest BCUT2D eigenvalue weighted by molar-refractivity contribution is 0.843. The Morgan fingerprint density at radius 1 is 1.27 bits per heavy atom. The third kappa shape index (κ3) is 2.54. The minimum Gasteiger partial charge on any atom is -0.322 e. The molecule has 1 aromatic carbocycles. The fourth-order valence-corrected chi connectivity index (χ4v) is 1.70. The van der Waals surface area contributed by atoms with Gasteiger partial charge in [-0.1, -0.05) is 17.7 Å². The van der Waals surface area contributed by atoms with Gasteiger partial charge in [-0.3, -0.25) is 4.68 Å². The summed E-state index contributed by atoms with van der Waals surface area (Å²) in [6, 6.07) is 9.92. The molecular formula is C12H13ClN2. The summed E-state index contributed by atoms with van der Waals surface area (Å²) in [4.78, 5) is 0. The highest BCUT2D eigenvalue weighted by atomic mass is 35.5. The molecule has 0 spiro atoms. The molecular weight excluding hydrogens is 208 g/mol. The lowest BCUT2D eigenvalue weighted by atomic mass is 10.1. The number of nitrogens with one attached hydrogen (secondary N) is 1. The first-order valence-corrected chi connectivity index (χ1v) is 5.25. The van der Waals surface area contributed by atoms with E-state index in [9.17, 15) is 0 Å². The summed E-state index contributed by atoms with van der Waals surface area (Å²) in [6.07, 6.45) is 3.95. The summed E-state index contributed by atoms with van der Waals surface area (Å²) in [5.74, 6) is 0. The number of hydrogen-bond donors (Lipinski definition) is 1. The third-order valence-electron chi connectivity index (χ3n) is 2.36. The van der Waals surface area contributed by atoms with Gasteiger partial charge >= 0.3 is 0 Å². The van der Waals surface area contributed by atoms with Crippen molar-refractivity contribution in [2.45, 2.75) is 13.5 Å². The van der Waals surface area contributed by atoms with Crippen molar-refractivity contribution in [2.75, 3.05) is 5.43 Å². The molecule has 0 aliphatic carbocycles. The van der Waals surface area contributed by atoms with E-state index in [2.05, 4.69) is 12.3 Å². The molecule has 1 N–H and O–H groups in total. The molecule has 1 heterocycles. The first kappa shape index (κ1) is 10.1. The van der Waals surface area contributed by atoms with Crippen LogP contribution in [0.4, 0.5) is 0 Å². The fraction of sp³-hybridized carbons (Fsp3) is 0.167. The van der Waals surface area contributed by atoms with Crippen molar-refractivity contribution in [3.8, 4) is 0 Å². The van der Waals surface area contributed by atoms with Gasteiger partial charge in [0.15, 0.2) is 0 Å². The second kappa shape index (κ2) is 4.41. The van der Waals surface area contributed by atoms with Gasteiger partial charge in [0.25, 0.3) is 0 Å². The van der Waals surface area contributed by atoms with Gasteiger partial charge in [-0.25, -0.2) is 0 Å². The van der Waals surface area contributed by atoms with Crippen LogP contribution in [0.3, 0.4) is 0 Å². The number of nitrogens with zero attached hydrogens (tertiary/aromatic N) is 1. The highest BCUT2D eigenvalue weighted by Crippen LogP contribution is 2.15. The van der Waals surface area contributed by atoms with Crippen LogP contribution in [0, 0.1) is 6.92 Å². The topological polar surface area (TPSA) is 17.0 Å². The molecule has 0 aliphatic heterocycles. The van der Waals surface area contributed by atoms with E-state index in [0.29, 0.717) is 0 Å². The van der Waals surface area contributed by atoms with Crippen molar-refractivity contribution in [1.29, 1.82) is 0 Å². The van der Waals surface area contributed by atoms with E-state index in [1.165, 1.54) is 11.1 Å². The number of aromatic nitrogens is 1. The van der Waals surface area contributed by atoms with E-state index in [1.54, 1.807) is 0 Å². The highest BCUT2D eigenvalue weighted by Gasteiger charge is 1.98. The summed E-state index contributed by atoms with van der Waals surface area (Å²) in [7, 11) is 0. The normalized spacial score (nSPS) is 10.3. The van der Waals surface area contributed by atoms with Crippen molar-refractivity contribution in [3.63, 3.8) is 0 Å². The summed E-state index contributed by atoms with van der Waals surface area (Å²) in [5, 5.41) is 0.789. The van der Waals surface area contributed by atoms with Crippen LogP contribution in [0.15, 0.2) is 42.7 Å². The van der Waals surface area contributed by atoms with Crippen LogP contribution in [0.2, 0.25) is 5.02 Å². The molecule has 0 aliphatic rings. The van der Waals surface area contributed by atoms with Gasteiger partial charge < -0.3 is 5.43 Å². The molecule has 0 unspecified atom stereocenters. The minimum atomic E-state index is 0.789. The first-order chi connectivity index (χ1) is 7.25. The lowest BCUT2D eigenvalue weighted by Gasteiger charge is -2.10. The quantitative estimate of drug-likeness (QED) is 0.841. The van der Waals surface area contributed by atoms with Crippen LogP contribution >= 0.6 is 11.6 Å². The molecule has 15 heavy (non-hydrogen) atoms. The molecule has 0 bridgehead atoms. The maximum atomic E-state index is 5.89. The Hall–Kier alpha value is -1.41. The Morgan fingerprint density at radius 3 is 2.67 bits per heavy atom. The predicted molar refractivity (Wildman–Crippen MR) is 63.7 cm³/mol. The van der Waals surface area contributed by atoms with Gasteiger partial charge in [-0.05, 0) is 42.3 Å². The highest BCUT2D eigenvalue weighted by molar-refractivity contribution is 6.30. The SMILES string of the molecule is Cc1cc(Cl)ccc1CNn1cccc1. The average Bonchev–Trinajstić information content (AvgIpc) is 2.69. The molecule has 0 atom stereocenters. The molecule has 0 saturated heterocycles. The number of hydrogen-bond acceptors (Lipinski definition) is 1. The van der Waals surface area contributed by atoms with Crippen molar-refractivity contribution in [1.82, 2.24) is 4.68 Å². The molecule has 78 valence electrons. The Morgan fingerprint density at radius 2 is 2.00 bits per heavy atom. The van der Waals surface area contributed by atoms with Crippen molar-refractivity contribution < 1.29 is 0 Å². The van der Waals surface area contributed by atoms with Gasteiger partial charge in [-0.2, -0.15) is 0 Å². The molecule has 0 amide bonds.